The molecule has 6 nitrogen and oxygen atoms in total. The summed E-state index contributed by atoms with van der Waals surface area (Å²) in [5.74, 6) is 1.24. The van der Waals surface area contributed by atoms with Crippen molar-refractivity contribution in [2.75, 3.05) is 41.0 Å². The van der Waals surface area contributed by atoms with Crippen molar-refractivity contribution in [1.82, 2.24) is 4.90 Å². The number of aryl methyl sites for hydroxylation is 1. The highest BCUT2D eigenvalue weighted by Gasteiger charge is 2.37. The van der Waals surface area contributed by atoms with E-state index >= 15 is 0 Å². The van der Waals surface area contributed by atoms with Crippen LogP contribution in [0.25, 0.3) is 6.08 Å². The van der Waals surface area contributed by atoms with Crippen LogP contribution in [0.2, 0.25) is 18.1 Å². The fourth-order valence-corrected chi connectivity index (χ4v) is 6.07. The van der Waals surface area contributed by atoms with Crippen LogP contribution in [-0.4, -0.2) is 60.2 Å². The predicted molar refractivity (Wildman–Crippen MR) is 161 cm³/mol. The average molecular weight is 554 g/mol. The van der Waals surface area contributed by atoms with Gasteiger partial charge in [0.2, 0.25) is 0 Å². The van der Waals surface area contributed by atoms with Crippen molar-refractivity contribution in [2.45, 2.75) is 70.6 Å². The van der Waals surface area contributed by atoms with Crippen LogP contribution in [-0.2, 0) is 26.8 Å². The lowest BCUT2D eigenvalue weighted by atomic mass is 10.0. The largest absolute Gasteiger partial charge is 0.493 e. The maximum Gasteiger partial charge on any atom is 0.330 e. The smallest absolute Gasteiger partial charge is 0.330 e. The van der Waals surface area contributed by atoms with E-state index in [1.807, 2.05) is 18.2 Å². The van der Waals surface area contributed by atoms with Crippen LogP contribution in [0.5, 0.6) is 11.5 Å². The molecule has 0 bridgehead atoms. The zero-order valence-corrected chi connectivity index (χ0v) is 26.1. The van der Waals surface area contributed by atoms with Crippen molar-refractivity contribution in [3.05, 3.63) is 64.7 Å². The van der Waals surface area contributed by atoms with E-state index in [0.717, 1.165) is 68.0 Å². The molecule has 2 aromatic rings. The fourth-order valence-electron chi connectivity index (χ4n) is 4.98. The van der Waals surface area contributed by atoms with Crippen LogP contribution in [0, 0.1) is 0 Å². The Morgan fingerprint density at radius 1 is 1.08 bits per heavy atom. The highest BCUT2D eigenvalue weighted by atomic mass is 28.4. The summed E-state index contributed by atoms with van der Waals surface area (Å²) < 4.78 is 22.5. The average Bonchev–Trinajstić information content (AvgIpc) is 3.33. The number of hydrogen-bond acceptors (Lipinski definition) is 6. The quantitative estimate of drug-likeness (QED) is 0.117. The van der Waals surface area contributed by atoms with Gasteiger partial charge in [0.25, 0.3) is 0 Å². The zero-order chi connectivity index (χ0) is 28.6. The number of carbonyl (C=O) groups is 1. The Balaban J connectivity index is 1.78. The number of rotatable bonds is 13. The SMILES string of the molecule is COC(=O)/C=C/c1ccc2c(c1)CCC2N(CCCO[Si](C)(C)C(C)(C)C)CCc1cccc(OC)c1OC. The number of esters is 1. The van der Waals surface area contributed by atoms with E-state index in [-0.39, 0.29) is 11.0 Å². The summed E-state index contributed by atoms with van der Waals surface area (Å²) in [5.41, 5.74) is 4.91. The number of methoxy groups -OCH3 is 3. The second-order valence-electron chi connectivity index (χ2n) is 11.8. The van der Waals surface area contributed by atoms with Gasteiger partial charge in [0.15, 0.2) is 19.8 Å². The predicted octanol–water partition coefficient (Wildman–Crippen LogP) is 6.83. The monoisotopic (exact) mass is 553 g/mol. The van der Waals surface area contributed by atoms with Crippen LogP contribution >= 0.6 is 0 Å². The van der Waals surface area contributed by atoms with Crippen molar-refractivity contribution in [3.8, 4) is 11.5 Å². The third kappa shape index (κ3) is 7.96. The number of ether oxygens (including phenoxy) is 3. The zero-order valence-electron chi connectivity index (χ0n) is 25.1. The molecule has 0 heterocycles. The Kier molecular flexibility index (Phi) is 10.8. The number of carbonyl (C=O) groups excluding carboxylic acids is 1. The van der Waals surface area contributed by atoms with Gasteiger partial charge in [0, 0.05) is 31.8 Å². The molecule has 7 heteroatoms. The van der Waals surface area contributed by atoms with E-state index in [1.54, 1.807) is 14.2 Å². The molecule has 0 saturated heterocycles. The fraction of sp³-hybridized carbons (Fsp3) is 0.531. The first-order valence-corrected chi connectivity index (χ1v) is 16.9. The number of hydrogen-bond donors (Lipinski definition) is 0. The van der Waals surface area contributed by atoms with Gasteiger partial charge in [-0.15, -0.1) is 0 Å². The molecule has 0 radical (unpaired) electrons. The van der Waals surface area contributed by atoms with E-state index in [1.165, 1.54) is 24.3 Å². The highest BCUT2D eigenvalue weighted by Crippen LogP contribution is 2.39. The molecule has 0 aromatic heterocycles. The van der Waals surface area contributed by atoms with Crippen LogP contribution in [0.4, 0.5) is 0 Å². The van der Waals surface area contributed by atoms with Gasteiger partial charge in [-0.3, -0.25) is 4.90 Å². The lowest BCUT2D eigenvalue weighted by molar-refractivity contribution is -0.134. The van der Waals surface area contributed by atoms with Gasteiger partial charge in [0.1, 0.15) is 0 Å². The third-order valence-electron chi connectivity index (χ3n) is 8.28. The molecule has 39 heavy (non-hydrogen) atoms. The first-order valence-electron chi connectivity index (χ1n) is 14.0. The normalized spacial score (nSPS) is 15.6. The van der Waals surface area contributed by atoms with Crippen LogP contribution in [0.15, 0.2) is 42.5 Å². The Labute approximate surface area is 236 Å². The molecule has 1 atom stereocenters. The summed E-state index contributed by atoms with van der Waals surface area (Å²) in [7, 11) is 3.01. The lowest BCUT2D eigenvalue weighted by Gasteiger charge is -2.36. The van der Waals surface area contributed by atoms with Crippen LogP contribution in [0.3, 0.4) is 0 Å². The van der Waals surface area contributed by atoms with E-state index in [0.29, 0.717) is 6.04 Å². The second kappa shape index (κ2) is 13.6. The van der Waals surface area contributed by atoms with Gasteiger partial charge in [-0.25, -0.2) is 4.79 Å². The molecule has 0 N–H and O–H groups in total. The highest BCUT2D eigenvalue weighted by molar-refractivity contribution is 6.74. The minimum Gasteiger partial charge on any atom is -0.493 e. The van der Waals surface area contributed by atoms with Crippen molar-refractivity contribution in [3.63, 3.8) is 0 Å². The molecule has 1 unspecified atom stereocenters. The van der Waals surface area contributed by atoms with Gasteiger partial charge in [-0.1, -0.05) is 51.1 Å². The lowest BCUT2D eigenvalue weighted by Crippen LogP contribution is -2.41. The summed E-state index contributed by atoms with van der Waals surface area (Å²) in [4.78, 5) is 14.2. The topological polar surface area (TPSA) is 57.2 Å². The molecule has 1 aliphatic carbocycles. The maximum atomic E-state index is 11.5. The first-order chi connectivity index (χ1) is 18.5. The molecule has 3 rings (SSSR count). The number of fused-ring (bicyclic) bond motifs is 1. The number of para-hydroxylation sites is 1. The van der Waals surface area contributed by atoms with Gasteiger partial charge < -0.3 is 18.6 Å². The summed E-state index contributed by atoms with van der Waals surface area (Å²) in [6.07, 6.45) is 7.27. The first kappa shape index (κ1) is 30.9. The van der Waals surface area contributed by atoms with E-state index in [9.17, 15) is 4.79 Å². The molecule has 0 amide bonds. The number of benzene rings is 2. The molecule has 0 saturated carbocycles. The van der Waals surface area contributed by atoms with Crippen molar-refractivity contribution in [1.29, 1.82) is 0 Å². The third-order valence-corrected chi connectivity index (χ3v) is 12.8. The Morgan fingerprint density at radius 3 is 2.51 bits per heavy atom. The minimum atomic E-state index is -1.77. The van der Waals surface area contributed by atoms with Gasteiger partial charge in [-0.05, 0) is 78.2 Å². The Hall–Kier alpha value is -2.61. The van der Waals surface area contributed by atoms with Crippen LogP contribution in [0.1, 0.15) is 61.9 Å². The standard InChI is InChI=1S/C32H47NO5Si/c1-32(2,3)39(7,8)38-22-10-20-33(21-19-25-11-9-12-29(35-4)31(25)37-6)28-17-15-26-23-24(13-16-27(26)28)14-18-30(34)36-5/h9,11-14,16,18,23,28H,10,15,17,19-22H2,1-8H3/b18-14+. The minimum absolute atomic E-state index is 0.208. The van der Waals surface area contributed by atoms with E-state index in [2.05, 4.69) is 63.0 Å². The molecule has 0 aliphatic heterocycles. The molecule has 0 fully saturated rings. The molecule has 214 valence electrons. The molecule has 2 aromatic carbocycles. The van der Waals surface area contributed by atoms with Crippen molar-refractivity contribution in [2.24, 2.45) is 0 Å². The molecular weight excluding hydrogens is 506 g/mol. The Morgan fingerprint density at radius 2 is 1.85 bits per heavy atom. The summed E-state index contributed by atoms with van der Waals surface area (Å²) >= 11 is 0. The maximum absolute atomic E-state index is 11.5. The number of nitrogens with zero attached hydrogens (tertiary/aromatic N) is 1. The Bertz CT molecular complexity index is 1140. The second-order valence-corrected chi connectivity index (χ2v) is 16.6. The van der Waals surface area contributed by atoms with Crippen molar-refractivity contribution < 1.29 is 23.4 Å². The van der Waals surface area contributed by atoms with Gasteiger partial charge in [0.05, 0.1) is 21.3 Å². The van der Waals surface area contributed by atoms with E-state index < -0.39 is 8.32 Å². The van der Waals surface area contributed by atoms with E-state index in [4.69, 9.17) is 18.6 Å². The molecule has 0 spiro atoms. The summed E-state index contributed by atoms with van der Waals surface area (Å²) in [6, 6.07) is 13.0. The molecular formula is C32H47NO5Si. The summed E-state index contributed by atoms with van der Waals surface area (Å²) in [6.45, 7) is 14.2. The van der Waals surface area contributed by atoms with Crippen LogP contribution < -0.4 is 9.47 Å². The van der Waals surface area contributed by atoms with Gasteiger partial charge >= 0.3 is 5.97 Å². The summed E-state index contributed by atoms with van der Waals surface area (Å²) in [5, 5.41) is 0.208. The van der Waals surface area contributed by atoms with Crippen molar-refractivity contribution >= 4 is 20.4 Å². The molecule has 1 aliphatic rings. The van der Waals surface area contributed by atoms with Gasteiger partial charge in [-0.2, -0.15) is 0 Å².